The number of benzene rings is 2. The van der Waals surface area contributed by atoms with E-state index in [1.807, 2.05) is 0 Å². The lowest BCUT2D eigenvalue weighted by Gasteiger charge is -2.13. The molecule has 5 nitrogen and oxygen atoms in total. The molecule has 0 unspecified atom stereocenters. The van der Waals surface area contributed by atoms with Crippen LogP contribution in [-0.4, -0.2) is 21.0 Å². The zero-order valence-corrected chi connectivity index (χ0v) is 16.8. The van der Waals surface area contributed by atoms with Gasteiger partial charge in [0.15, 0.2) is 17.4 Å². The largest absolute Gasteiger partial charge is 0.477 e. The lowest BCUT2D eigenvalue weighted by molar-refractivity contribution is -0.137. The number of fused-ring (bicyclic) bond motifs is 1. The van der Waals surface area contributed by atoms with Crippen molar-refractivity contribution in [1.82, 2.24) is 14.4 Å². The average Bonchev–Trinajstić information content (AvgIpc) is 3.19. The first kappa shape index (κ1) is 21.8. The number of hydrogen-bond donors (Lipinski definition) is 0. The first-order valence-corrected chi connectivity index (χ1v) is 9.53. The molecule has 0 spiro atoms. The molecule has 0 N–H and O–H groups in total. The molecular weight excluding hydrogens is 457 g/mol. The maximum atomic E-state index is 14.4. The first-order valence-electron chi connectivity index (χ1n) is 9.16. The van der Waals surface area contributed by atoms with E-state index in [2.05, 4.69) is 9.97 Å². The van der Waals surface area contributed by atoms with Crippen molar-refractivity contribution in [2.45, 2.75) is 12.6 Å². The van der Waals surface area contributed by atoms with Crippen molar-refractivity contribution in [2.24, 2.45) is 0 Å². The van der Waals surface area contributed by atoms with Crippen LogP contribution < -0.4 is 9.47 Å². The van der Waals surface area contributed by atoms with Crippen molar-refractivity contribution >= 4 is 17.4 Å². The summed E-state index contributed by atoms with van der Waals surface area (Å²) in [5, 5.41) is -0.553. The summed E-state index contributed by atoms with van der Waals surface area (Å²) in [6.45, 7) is 0.0785. The van der Waals surface area contributed by atoms with Gasteiger partial charge in [0.1, 0.15) is 5.75 Å². The number of alkyl halides is 3. The molecule has 32 heavy (non-hydrogen) atoms. The Hall–Kier alpha value is -3.40. The Morgan fingerprint density at radius 2 is 1.75 bits per heavy atom. The highest BCUT2D eigenvalue weighted by Crippen LogP contribution is 2.38. The van der Waals surface area contributed by atoms with Gasteiger partial charge >= 0.3 is 6.18 Å². The number of aromatic nitrogens is 3. The third-order valence-corrected chi connectivity index (χ3v) is 4.73. The second-order valence-electron chi connectivity index (χ2n) is 6.63. The monoisotopic (exact) mass is 469 g/mol. The van der Waals surface area contributed by atoms with Gasteiger partial charge in [0, 0.05) is 31.1 Å². The number of rotatable bonds is 6. The molecule has 2 aromatic carbocycles. The van der Waals surface area contributed by atoms with Crippen molar-refractivity contribution < 1.29 is 31.4 Å². The van der Waals surface area contributed by atoms with Gasteiger partial charge in [-0.3, -0.25) is 4.40 Å². The SMILES string of the molecule is Fc1cc(CCOc2ccn3ccnc3n2)cc(F)c1Oc1ccc(Cl)c(C(F)(F)F)c1. The van der Waals surface area contributed by atoms with Gasteiger partial charge in [0.25, 0.3) is 0 Å². The van der Waals surface area contributed by atoms with Crippen molar-refractivity contribution in [3.05, 3.63) is 82.8 Å². The van der Waals surface area contributed by atoms with Gasteiger partial charge < -0.3 is 9.47 Å². The molecule has 0 bridgehead atoms. The molecule has 0 aliphatic heterocycles. The Kier molecular flexibility index (Phi) is 5.88. The van der Waals surface area contributed by atoms with Crippen LogP contribution in [0.1, 0.15) is 11.1 Å². The van der Waals surface area contributed by atoms with E-state index in [0.29, 0.717) is 17.7 Å². The minimum absolute atomic E-state index is 0.0785. The Morgan fingerprint density at radius 3 is 2.47 bits per heavy atom. The summed E-state index contributed by atoms with van der Waals surface area (Å²) in [6, 6.07) is 6.26. The molecular formula is C21H13ClF5N3O2. The highest BCUT2D eigenvalue weighted by atomic mass is 35.5. The normalized spacial score (nSPS) is 11.7. The minimum atomic E-state index is -4.74. The van der Waals surface area contributed by atoms with Crippen LogP contribution >= 0.6 is 11.6 Å². The highest BCUT2D eigenvalue weighted by Gasteiger charge is 2.33. The second kappa shape index (κ2) is 8.62. The number of ether oxygens (including phenoxy) is 2. The summed E-state index contributed by atoms with van der Waals surface area (Å²) in [5.41, 5.74) is -0.908. The quantitative estimate of drug-likeness (QED) is 0.320. The molecule has 0 saturated heterocycles. The van der Waals surface area contributed by atoms with E-state index in [0.717, 1.165) is 24.3 Å². The molecule has 0 atom stereocenters. The molecule has 166 valence electrons. The third-order valence-electron chi connectivity index (χ3n) is 4.40. The fourth-order valence-electron chi connectivity index (χ4n) is 2.90. The Balaban J connectivity index is 1.45. The van der Waals surface area contributed by atoms with E-state index in [1.165, 1.54) is 0 Å². The first-order chi connectivity index (χ1) is 15.2. The van der Waals surface area contributed by atoms with E-state index in [1.54, 1.807) is 29.1 Å². The average molecular weight is 470 g/mol. The fraction of sp³-hybridized carbons (Fsp3) is 0.143. The highest BCUT2D eigenvalue weighted by molar-refractivity contribution is 6.31. The van der Waals surface area contributed by atoms with Gasteiger partial charge in [-0.1, -0.05) is 11.6 Å². The summed E-state index contributed by atoms with van der Waals surface area (Å²) in [7, 11) is 0. The summed E-state index contributed by atoms with van der Waals surface area (Å²) in [6.07, 6.45) is 0.407. The maximum absolute atomic E-state index is 14.4. The van der Waals surface area contributed by atoms with Crippen LogP contribution in [0.25, 0.3) is 5.78 Å². The summed E-state index contributed by atoms with van der Waals surface area (Å²) in [5.74, 6) is -2.63. The van der Waals surface area contributed by atoms with Gasteiger partial charge in [0.2, 0.25) is 11.7 Å². The van der Waals surface area contributed by atoms with Gasteiger partial charge in [0.05, 0.1) is 17.2 Å². The van der Waals surface area contributed by atoms with E-state index in [4.69, 9.17) is 21.1 Å². The molecule has 4 rings (SSSR count). The van der Waals surface area contributed by atoms with Crippen molar-refractivity contribution in [3.8, 4) is 17.4 Å². The standard InChI is InChI=1S/C21H13ClF5N3O2/c22-15-2-1-13(11-14(15)21(25,26)27)32-19-16(23)9-12(10-17(19)24)4-8-31-18-3-6-30-7-5-28-20(30)29-18/h1-3,5-7,9-11H,4,8H2. The Labute approximate surface area is 183 Å². The van der Waals surface area contributed by atoms with Crippen LogP contribution in [0.2, 0.25) is 5.02 Å². The van der Waals surface area contributed by atoms with Crippen LogP contribution in [0.5, 0.6) is 17.4 Å². The number of imidazole rings is 1. The smallest absolute Gasteiger partial charge is 0.417 e. The van der Waals surface area contributed by atoms with Crippen LogP contribution in [0.3, 0.4) is 0 Å². The summed E-state index contributed by atoms with van der Waals surface area (Å²) >= 11 is 5.54. The molecule has 0 aliphatic rings. The van der Waals surface area contributed by atoms with Crippen LogP contribution in [0.15, 0.2) is 55.0 Å². The molecule has 0 fully saturated rings. The lowest BCUT2D eigenvalue weighted by atomic mass is 10.1. The van der Waals surface area contributed by atoms with Gasteiger partial charge in [-0.2, -0.15) is 18.2 Å². The second-order valence-corrected chi connectivity index (χ2v) is 7.04. The molecule has 4 aromatic rings. The number of hydrogen-bond acceptors (Lipinski definition) is 4. The predicted octanol–water partition coefficient (Wildman–Crippen LogP) is 6.09. The molecule has 2 aromatic heterocycles. The summed E-state index contributed by atoms with van der Waals surface area (Å²) in [4.78, 5) is 8.19. The zero-order valence-electron chi connectivity index (χ0n) is 16.0. The van der Waals surface area contributed by atoms with Gasteiger partial charge in [-0.25, -0.2) is 13.8 Å². The molecule has 0 saturated carbocycles. The summed E-state index contributed by atoms with van der Waals surface area (Å²) < 4.78 is 80.0. The maximum Gasteiger partial charge on any atom is 0.417 e. The molecule has 0 aliphatic carbocycles. The van der Waals surface area contributed by atoms with Crippen molar-refractivity contribution in [3.63, 3.8) is 0 Å². The fourth-order valence-corrected chi connectivity index (χ4v) is 3.12. The number of halogens is 6. The molecule has 2 heterocycles. The molecule has 11 heteroatoms. The van der Waals surface area contributed by atoms with Crippen LogP contribution in [0, 0.1) is 11.6 Å². The van der Waals surface area contributed by atoms with Crippen molar-refractivity contribution in [2.75, 3.05) is 6.61 Å². The molecule has 0 amide bonds. The number of nitrogens with zero attached hydrogens (tertiary/aromatic N) is 3. The third kappa shape index (κ3) is 4.75. The zero-order chi connectivity index (χ0) is 22.9. The Morgan fingerprint density at radius 1 is 1.00 bits per heavy atom. The topological polar surface area (TPSA) is 48.7 Å². The molecule has 0 radical (unpaired) electrons. The van der Waals surface area contributed by atoms with Crippen LogP contribution in [-0.2, 0) is 12.6 Å². The van der Waals surface area contributed by atoms with Crippen LogP contribution in [0.4, 0.5) is 22.0 Å². The minimum Gasteiger partial charge on any atom is -0.477 e. The predicted molar refractivity (Wildman–Crippen MR) is 105 cm³/mol. The van der Waals surface area contributed by atoms with E-state index in [9.17, 15) is 22.0 Å². The van der Waals surface area contributed by atoms with Gasteiger partial charge in [-0.05, 0) is 35.9 Å². The van der Waals surface area contributed by atoms with E-state index >= 15 is 0 Å². The van der Waals surface area contributed by atoms with Gasteiger partial charge in [-0.15, -0.1) is 0 Å². The Bertz CT molecular complexity index is 1250. The van der Waals surface area contributed by atoms with E-state index in [-0.39, 0.29) is 18.6 Å². The lowest BCUT2D eigenvalue weighted by Crippen LogP contribution is -2.06. The van der Waals surface area contributed by atoms with E-state index < -0.39 is 39.9 Å². The van der Waals surface area contributed by atoms with Crippen molar-refractivity contribution in [1.29, 1.82) is 0 Å².